The zero-order valence-corrected chi connectivity index (χ0v) is 35.1. The molecule has 0 bridgehead atoms. The molecule has 1 amide bonds. The van der Waals surface area contributed by atoms with Crippen molar-refractivity contribution in [3.05, 3.63) is 0 Å². The quantitative estimate of drug-likeness (QED) is 0.0400. The zero-order chi connectivity index (χ0) is 38.2. The molecule has 0 saturated heterocycles. The predicted molar refractivity (Wildman–Crippen MR) is 224 cm³/mol. The van der Waals surface area contributed by atoms with Crippen molar-refractivity contribution in [2.24, 2.45) is 0 Å². The van der Waals surface area contributed by atoms with Gasteiger partial charge in [-0.1, -0.05) is 245 Å². The van der Waals surface area contributed by atoms with E-state index in [2.05, 4.69) is 19.2 Å². The van der Waals surface area contributed by atoms with Crippen LogP contribution in [0.1, 0.15) is 258 Å². The van der Waals surface area contributed by atoms with Crippen LogP contribution in [0.25, 0.3) is 0 Å². The molecule has 0 aromatic carbocycles. The van der Waals surface area contributed by atoms with Gasteiger partial charge in [0.15, 0.2) is 0 Å². The first kappa shape index (κ1) is 51.3. The molecular formula is C46H93NO5. The third-order valence-corrected chi connectivity index (χ3v) is 11.3. The topological polar surface area (TPSA) is 110 Å². The lowest BCUT2D eigenvalue weighted by atomic mass is 9.99. The summed E-state index contributed by atoms with van der Waals surface area (Å²) in [6, 6.07) is -0.979. The molecule has 0 radical (unpaired) electrons. The summed E-state index contributed by atoms with van der Waals surface area (Å²) < 4.78 is 0. The van der Waals surface area contributed by atoms with E-state index in [1.807, 2.05) is 0 Å². The fourth-order valence-corrected chi connectivity index (χ4v) is 7.58. The Labute approximate surface area is 324 Å². The third-order valence-electron chi connectivity index (χ3n) is 11.3. The molecule has 0 aliphatic heterocycles. The van der Waals surface area contributed by atoms with Gasteiger partial charge in [-0.05, 0) is 12.8 Å². The monoisotopic (exact) mass is 740 g/mol. The Hall–Kier alpha value is -0.690. The fraction of sp³-hybridized carbons (Fsp3) is 0.978. The van der Waals surface area contributed by atoms with E-state index < -0.39 is 36.9 Å². The lowest BCUT2D eigenvalue weighted by molar-refractivity contribution is -0.132. The lowest BCUT2D eigenvalue weighted by Gasteiger charge is -2.27. The largest absolute Gasteiger partial charge is 0.394 e. The van der Waals surface area contributed by atoms with Crippen LogP contribution in [0.4, 0.5) is 0 Å². The van der Waals surface area contributed by atoms with Crippen molar-refractivity contribution in [3.63, 3.8) is 0 Å². The van der Waals surface area contributed by atoms with E-state index in [0.29, 0.717) is 12.8 Å². The number of nitrogens with one attached hydrogen (secondary N) is 1. The van der Waals surface area contributed by atoms with Gasteiger partial charge in [0.1, 0.15) is 12.2 Å². The molecule has 0 aromatic heterocycles. The Morgan fingerprint density at radius 3 is 0.923 bits per heavy atom. The number of unbranched alkanes of at least 4 members (excludes halogenated alkanes) is 34. The molecule has 0 aromatic rings. The summed E-state index contributed by atoms with van der Waals surface area (Å²) in [7, 11) is 0. The molecule has 312 valence electrons. The Morgan fingerprint density at radius 1 is 0.404 bits per heavy atom. The van der Waals surface area contributed by atoms with Crippen molar-refractivity contribution < 1.29 is 25.2 Å². The average Bonchev–Trinajstić information content (AvgIpc) is 3.15. The highest BCUT2D eigenvalue weighted by Crippen LogP contribution is 2.17. The summed E-state index contributed by atoms with van der Waals surface area (Å²) >= 11 is 0. The highest BCUT2D eigenvalue weighted by atomic mass is 16.3. The second-order valence-electron chi connectivity index (χ2n) is 16.5. The van der Waals surface area contributed by atoms with Crippen molar-refractivity contribution >= 4 is 5.91 Å². The number of hydrogen-bond acceptors (Lipinski definition) is 5. The van der Waals surface area contributed by atoms with Crippen molar-refractivity contribution in [1.29, 1.82) is 0 Å². The standard InChI is InChI=1S/C46H93NO5/c1-3-5-7-9-11-13-15-17-19-21-22-23-24-26-28-30-32-34-36-38-40-44(50)46(52)47-42(41-48)45(51)43(49)39-37-35-33-31-29-27-25-20-18-16-14-12-10-8-6-4-2/h42-45,48-51H,3-41H2,1-2H3,(H,47,52). The fourth-order valence-electron chi connectivity index (χ4n) is 7.58. The predicted octanol–water partition coefficient (Wildman–Crippen LogP) is 12.4. The van der Waals surface area contributed by atoms with Crippen molar-refractivity contribution in [3.8, 4) is 0 Å². The van der Waals surface area contributed by atoms with Crippen LogP contribution in [-0.2, 0) is 4.79 Å². The molecule has 0 aliphatic carbocycles. The van der Waals surface area contributed by atoms with Crippen LogP contribution in [0.5, 0.6) is 0 Å². The maximum atomic E-state index is 12.5. The number of aliphatic hydroxyl groups excluding tert-OH is 4. The maximum Gasteiger partial charge on any atom is 0.249 e. The first-order valence-electron chi connectivity index (χ1n) is 23.4. The molecule has 6 nitrogen and oxygen atoms in total. The molecule has 0 heterocycles. The van der Waals surface area contributed by atoms with Gasteiger partial charge in [0.05, 0.1) is 18.8 Å². The number of amides is 1. The molecule has 4 unspecified atom stereocenters. The van der Waals surface area contributed by atoms with Crippen LogP contribution >= 0.6 is 0 Å². The maximum absolute atomic E-state index is 12.5. The molecule has 4 atom stereocenters. The Bertz CT molecular complexity index is 706. The van der Waals surface area contributed by atoms with Crippen LogP contribution in [0.3, 0.4) is 0 Å². The van der Waals surface area contributed by atoms with E-state index >= 15 is 0 Å². The zero-order valence-electron chi connectivity index (χ0n) is 35.1. The second-order valence-corrected chi connectivity index (χ2v) is 16.5. The van der Waals surface area contributed by atoms with E-state index in [9.17, 15) is 25.2 Å². The lowest BCUT2D eigenvalue weighted by Crippen LogP contribution is -2.53. The van der Waals surface area contributed by atoms with Gasteiger partial charge in [0.2, 0.25) is 5.91 Å². The molecule has 52 heavy (non-hydrogen) atoms. The second kappa shape index (κ2) is 41.5. The van der Waals surface area contributed by atoms with E-state index in [0.717, 1.165) is 38.5 Å². The van der Waals surface area contributed by atoms with Gasteiger partial charge in [-0.3, -0.25) is 4.79 Å². The number of carbonyl (C=O) groups is 1. The van der Waals surface area contributed by atoms with Gasteiger partial charge in [-0.2, -0.15) is 0 Å². The summed E-state index contributed by atoms with van der Waals surface area (Å²) in [5.74, 6) is -0.578. The van der Waals surface area contributed by atoms with Gasteiger partial charge in [0.25, 0.3) is 0 Å². The van der Waals surface area contributed by atoms with Crippen LogP contribution in [0, 0.1) is 0 Å². The molecule has 0 spiro atoms. The molecule has 0 aliphatic rings. The number of rotatable bonds is 43. The van der Waals surface area contributed by atoms with E-state index in [4.69, 9.17) is 0 Å². The smallest absolute Gasteiger partial charge is 0.249 e. The van der Waals surface area contributed by atoms with Gasteiger partial charge in [-0.25, -0.2) is 0 Å². The Morgan fingerprint density at radius 2 is 0.654 bits per heavy atom. The molecule has 5 N–H and O–H groups in total. The first-order chi connectivity index (χ1) is 25.5. The van der Waals surface area contributed by atoms with Crippen LogP contribution < -0.4 is 5.32 Å². The van der Waals surface area contributed by atoms with Gasteiger partial charge in [-0.15, -0.1) is 0 Å². The van der Waals surface area contributed by atoms with Crippen molar-refractivity contribution in [2.75, 3.05) is 6.61 Å². The van der Waals surface area contributed by atoms with Crippen LogP contribution in [-0.4, -0.2) is 57.3 Å². The number of carbonyl (C=O) groups excluding carboxylic acids is 1. The van der Waals surface area contributed by atoms with Gasteiger partial charge in [0, 0.05) is 0 Å². The minimum absolute atomic E-state index is 0.376. The molecule has 0 fully saturated rings. The van der Waals surface area contributed by atoms with Crippen molar-refractivity contribution in [2.45, 2.75) is 282 Å². The van der Waals surface area contributed by atoms with Crippen LogP contribution in [0.2, 0.25) is 0 Å². The van der Waals surface area contributed by atoms with Crippen LogP contribution in [0.15, 0.2) is 0 Å². The summed E-state index contributed by atoms with van der Waals surface area (Å²) in [6.45, 7) is 4.07. The number of hydrogen-bond donors (Lipinski definition) is 5. The molecule has 0 saturated carbocycles. The SMILES string of the molecule is CCCCCCCCCCCCCCCCCCCCCCC(O)C(=O)NC(CO)C(O)C(O)CCCCCCCCCCCCCCCCCC. The van der Waals surface area contributed by atoms with Gasteiger partial charge >= 0.3 is 0 Å². The highest BCUT2D eigenvalue weighted by molar-refractivity contribution is 5.80. The summed E-state index contributed by atoms with van der Waals surface area (Å²) in [4.78, 5) is 12.5. The van der Waals surface area contributed by atoms with Crippen molar-refractivity contribution in [1.82, 2.24) is 5.32 Å². The Kier molecular flexibility index (Phi) is 40.9. The van der Waals surface area contributed by atoms with E-state index in [1.54, 1.807) is 0 Å². The Balaban J connectivity index is 3.67. The molecular weight excluding hydrogens is 647 g/mol. The first-order valence-corrected chi connectivity index (χ1v) is 23.4. The van der Waals surface area contributed by atoms with E-state index in [1.165, 1.54) is 193 Å². The summed E-state index contributed by atoms with van der Waals surface area (Å²) in [5.41, 5.74) is 0. The summed E-state index contributed by atoms with van der Waals surface area (Å²) in [5, 5.41) is 43.8. The third kappa shape index (κ3) is 35.0. The minimum Gasteiger partial charge on any atom is -0.394 e. The van der Waals surface area contributed by atoms with Gasteiger partial charge < -0.3 is 25.7 Å². The average molecular weight is 740 g/mol. The summed E-state index contributed by atoms with van der Waals surface area (Å²) in [6.07, 6.45) is 44.2. The molecule has 0 rings (SSSR count). The normalized spacial score (nSPS) is 14.0. The van der Waals surface area contributed by atoms with E-state index in [-0.39, 0.29) is 0 Å². The number of aliphatic hydroxyl groups is 4. The minimum atomic E-state index is -1.25. The molecule has 6 heteroatoms. The highest BCUT2D eigenvalue weighted by Gasteiger charge is 2.28.